The average molecular weight is 545 g/mol. The zero-order valence-corrected chi connectivity index (χ0v) is 20.7. The lowest BCUT2D eigenvalue weighted by Crippen LogP contribution is -2.24. The molecule has 9 heteroatoms. The number of hydrazone groups is 1. The van der Waals surface area contributed by atoms with E-state index >= 15 is 0 Å². The van der Waals surface area contributed by atoms with E-state index in [9.17, 15) is 9.59 Å². The Morgan fingerprint density at radius 1 is 1.03 bits per heavy atom. The van der Waals surface area contributed by atoms with Crippen molar-refractivity contribution in [2.45, 2.75) is 20.0 Å². The van der Waals surface area contributed by atoms with Crippen LogP contribution in [0, 0.1) is 0 Å². The van der Waals surface area contributed by atoms with E-state index in [2.05, 4.69) is 31.8 Å². The Morgan fingerprint density at radius 2 is 1.76 bits per heavy atom. The zero-order valence-electron chi connectivity index (χ0n) is 18.4. The van der Waals surface area contributed by atoms with E-state index in [0.29, 0.717) is 45.5 Å². The molecule has 0 fully saturated rings. The summed E-state index contributed by atoms with van der Waals surface area (Å²) in [5.74, 6) is 0.111. The molecule has 34 heavy (non-hydrogen) atoms. The molecule has 176 valence electrons. The van der Waals surface area contributed by atoms with Crippen LogP contribution in [-0.2, 0) is 16.2 Å². The van der Waals surface area contributed by atoms with Crippen molar-refractivity contribution in [3.05, 3.63) is 87.4 Å². The lowest BCUT2D eigenvalue weighted by Gasteiger charge is -2.14. The van der Waals surface area contributed by atoms with Crippen molar-refractivity contribution in [2.24, 2.45) is 5.10 Å². The minimum Gasteiger partial charge on any atom is -0.490 e. The van der Waals surface area contributed by atoms with Crippen molar-refractivity contribution >= 4 is 51.2 Å². The Kier molecular flexibility index (Phi) is 9.49. The molecule has 3 aromatic carbocycles. The van der Waals surface area contributed by atoms with E-state index in [1.54, 1.807) is 36.4 Å². The molecule has 0 aromatic heterocycles. The average Bonchev–Trinajstić information content (AvgIpc) is 2.81. The first-order valence-electron chi connectivity index (χ1n) is 10.4. The summed E-state index contributed by atoms with van der Waals surface area (Å²) >= 11 is 9.33. The first-order valence-corrected chi connectivity index (χ1v) is 11.6. The molecule has 0 aliphatic carbocycles. The maximum absolute atomic E-state index is 12.0. The first-order chi connectivity index (χ1) is 16.4. The Balaban J connectivity index is 1.58. The van der Waals surface area contributed by atoms with Crippen LogP contribution in [0.4, 0.5) is 5.69 Å². The molecule has 0 heterocycles. The smallest absolute Gasteiger partial charge is 0.249 e. The quantitative estimate of drug-likeness (QED) is 0.199. The zero-order chi connectivity index (χ0) is 24.3. The van der Waals surface area contributed by atoms with Crippen molar-refractivity contribution in [3.8, 4) is 11.5 Å². The molecule has 0 aliphatic heterocycles. The number of anilines is 1. The third-order valence-electron chi connectivity index (χ3n) is 4.41. The molecule has 7 nitrogen and oxygen atoms in total. The summed E-state index contributed by atoms with van der Waals surface area (Å²) in [6, 6.07) is 20.0. The molecule has 0 radical (unpaired) electrons. The minimum absolute atomic E-state index is 0.375. The van der Waals surface area contributed by atoms with Gasteiger partial charge in [-0.05, 0) is 70.4 Å². The molecule has 0 bridgehead atoms. The summed E-state index contributed by atoms with van der Waals surface area (Å²) in [5, 5.41) is 7.12. The maximum atomic E-state index is 12.0. The highest BCUT2D eigenvalue weighted by Crippen LogP contribution is 2.37. The molecule has 3 aromatic rings. The maximum Gasteiger partial charge on any atom is 0.249 e. The molecule has 3 rings (SSSR count). The molecule has 0 unspecified atom stereocenters. The van der Waals surface area contributed by atoms with Crippen molar-refractivity contribution < 1.29 is 19.1 Å². The molecule has 0 aliphatic rings. The molecule has 0 spiro atoms. The van der Waals surface area contributed by atoms with Crippen molar-refractivity contribution in [1.82, 2.24) is 5.43 Å². The molecule has 2 N–H and O–H groups in total. The first kappa shape index (κ1) is 25.3. The van der Waals surface area contributed by atoms with Gasteiger partial charge >= 0.3 is 0 Å². The van der Waals surface area contributed by atoms with Crippen LogP contribution in [0.2, 0.25) is 5.02 Å². The molecule has 2 amide bonds. The fourth-order valence-electron chi connectivity index (χ4n) is 2.90. The van der Waals surface area contributed by atoms with Crippen LogP contribution in [-0.4, -0.2) is 24.6 Å². The van der Waals surface area contributed by atoms with Gasteiger partial charge in [0.15, 0.2) is 11.5 Å². The number of carbonyl (C=O) groups is 2. The van der Waals surface area contributed by atoms with Crippen LogP contribution in [0.5, 0.6) is 11.5 Å². The van der Waals surface area contributed by atoms with Gasteiger partial charge in [-0.2, -0.15) is 5.10 Å². The van der Waals surface area contributed by atoms with Gasteiger partial charge in [-0.15, -0.1) is 0 Å². The second-order valence-corrected chi connectivity index (χ2v) is 8.35. The number of amides is 2. The van der Waals surface area contributed by atoms with Crippen LogP contribution in [0.1, 0.15) is 24.5 Å². The second-order valence-electron chi connectivity index (χ2n) is 7.06. The third kappa shape index (κ3) is 7.90. The van der Waals surface area contributed by atoms with E-state index < -0.39 is 11.8 Å². The Morgan fingerprint density at radius 3 is 2.47 bits per heavy atom. The third-order valence-corrected chi connectivity index (χ3v) is 5.25. The van der Waals surface area contributed by atoms with E-state index in [0.717, 1.165) is 5.56 Å². The molecule has 0 saturated carbocycles. The fraction of sp³-hybridized carbons (Fsp3) is 0.160. The number of benzene rings is 3. The fourth-order valence-corrected chi connectivity index (χ4v) is 3.60. The summed E-state index contributed by atoms with van der Waals surface area (Å²) in [6.45, 7) is 2.72. The Bertz CT molecular complexity index is 1150. The van der Waals surface area contributed by atoms with Gasteiger partial charge in [0.25, 0.3) is 0 Å². The number of halogens is 2. The summed E-state index contributed by atoms with van der Waals surface area (Å²) in [4.78, 5) is 24.0. The molecule has 0 atom stereocenters. The number of nitrogens with zero attached hydrogens (tertiary/aromatic N) is 1. The molecular weight excluding hydrogens is 522 g/mol. The van der Waals surface area contributed by atoms with Gasteiger partial charge in [-0.3, -0.25) is 9.59 Å². The second kappa shape index (κ2) is 12.8. The van der Waals surface area contributed by atoms with Gasteiger partial charge in [0.1, 0.15) is 13.0 Å². The standard InChI is InChI=1S/C25H23BrClN3O4/c1-2-33-22-13-18(12-21(26)25(22)34-16-17-6-4-3-5-7-17)15-28-30-24(32)14-23(31)29-20-10-8-19(27)9-11-20/h3-13,15H,2,14,16H2,1H3,(H,29,31)(H,30,32). The van der Waals surface area contributed by atoms with Crippen molar-refractivity contribution in [1.29, 1.82) is 0 Å². The van der Waals surface area contributed by atoms with Crippen LogP contribution >= 0.6 is 27.5 Å². The number of ether oxygens (including phenoxy) is 2. The largest absolute Gasteiger partial charge is 0.490 e. The van der Waals surface area contributed by atoms with E-state index in [1.807, 2.05) is 37.3 Å². The van der Waals surface area contributed by atoms with E-state index in [1.165, 1.54) is 6.21 Å². The molecule has 0 saturated heterocycles. The van der Waals surface area contributed by atoms with Gasteiger partial charge in [0.05, 0.1) is 17.3 Å². The summed E-state index contributed by atoms with van der Waals surface area (Å²) in [5.41, 5.74) is 4.61. The number of rotatable bonds is 10. The Labute approximate surface area is 211 Å². The predicted molar refractivity (Wildman–Crippen MR) is 137 cm³/mol. The summed E-state index contributed by atoms with van der Waals surface area (Å²) in [7, 11) is 0. The highest BCUT2D eigenvalue weighted by atomic mass is 79.9. The van der Waals surface area contributed by atoms with Crippen LogP contribution in [0.25, 0.3) is 0 Å². The Hall–Kier alpha value is -3.36. The van der Waals surface area contributed by atoms with Crippen LogP contribution in [0.15, 0.2) is 76.3 Å². The lowest BCUT2D eigenvalue weighted by molar-refractivity contribution is -0.126. The van der Waals surface area contributed by atoms with Crippen molar-refractivity contribution in [2.75, 3.05) is 11.9 Å². The normalized spacial score (nSPS) is 10.7. The summed E-state index contributed by atoms with van der Waals surface area (Å²) in [6.07, 6.45) is 1.09. The SMILES string of the molecule is CCOc1cc(C=NNC(=O)CC(=O)Nc2ccc(Cl)cc2)cc(Br)c1OCc1ccccc1. The lowest BCUT2D eigenvalue weighted by atomic mass is 10.2. The van der Waals surface area contributed by atoms with Gasteiger partial charge in [0, 0.05) is 10.7 Å². The summed E-state index contributed by atoms with van der Waals surface area (Å²) < 4.78 is 12.4. The number of hydrogen-bond donors (Lipinski definition) is 2. The van der Waals surface area contributed by atoms with Crippen LogP contribution < -0.4 is 20.2 Å². The van der Waals surface area contributed by atoms with Crippen LogP contribution in [0.3, 0.4) is 0 Å². The van der Waals surface area contributed by atoms with Crippen molar-refractivity contribution in [3.63, 3.8) is 0 Å². The monoisotopic (exact) mass is 543 g/mol. The van der Waals surface area contributed by atoms with E-state index in [4.69, 9.17) is 21.1 Å². The number of hydrogen-bond acceptors (Lipinski definition) is 5. The van der Waals surface area contributed by atoms with Gasteiger partial charge < -0.3 is 14.8 Å². The predicted octanol–water partition coefficient (Wildman–Crippen LogP) is 5.56. The number of nitrogens with one attached hydrogen (secondary N) is 2. The van der Waals surface area contributed by atoms with Gasteiger partial charge in [-0.25, -0.2) is 5.43 Å². The number of carbonyl (C=O) groups excluding carboxylic acids is 2. The highest BCUT2D eigenvalue weighted by molar-refractivity contribution is 9.10. The van der Waals surface area contributed by atoms with E-state index in [-0.39, 0.29) is 6.42 Å². The molecular formula is C25H23BrClN3O4. The van der Waals surface area contributed by atoms with Gasteiger partial charge in [-0.1, -0.05) is 41.9 Å². The minimum atomic E-state index is -0.547. The topological polar surface area (TPSA) is 89.0 Å². The highest BCUT2D eigenvalue weighted by Gasteiger charge is 2.13. The van der Waals surface area contributed by atoms with Gasteiger partial charge in [0.2, 0.25) is 11.8 Å².